The van der Waals surface area contributed by atoms with E-state index in [1.807, 2.05) is 31.3 Å². The number of aromatic nitrogens is 1. The fraction of sp³-hybridized carbons (Fsp3) is 0.600. The Bertz CT molecular complexity index is 416. The van der Waals surface area contributed by atoms with Crippen LogP contribution in [0.15, 0.2) is 24.4 Å². The van der Waals surface area contributed by atoms with Crippen molar-refractivity contribution in [1.82, 2.24) is 15.2 Å². The van der Waals surface area contributed by atoms with Crippen molar-refractivity contribution in [2.75, 3.05) is 19.7 Å². The van der Waals surface area contributed by atoms with E-state index in [9.17, 15) is 4.79 Å². The van der Waals surface area contributed by atoms with Gasteiger partial charge in [0, 0.05) is 31.4 Å². The lowest BCUT2D eigenvalue weighted by Crippen LogP contribution is -2.45. The standard InChI is InChI=1S/C15H23N3O2/c1-3-20-15(19)18-10-7-13(8-11-18)17-12(2)14-6-4-5-9-16-14/h4-6,9,12-13,17H,3,7-8,10-11H2,1-2H3/t12-/m0/s1. The second-order valence-corrected chi connectivity index (χ2v) is 5.10. The van der Waals surface area contributed by atoms with Crippen molar-refractivity contribution < 1.29 is 9.53 Å². The van der Waals surface area contributed by atoms with Gasteiger partial charge in [0.15, 0.2) is 0 Å². The maximum atomic E-state index is 11.6. The summed E-state index contributed by atoms with van der Waals surface area (Å²) >= 11 is 0. The molecule has 0 aliphatic carbocycles. The largest absolute Gasteiger partial charge is 0.450 e. The van der Waals surface area contributed by atoms with Crippen molar-refractivity contribution in [1.29, 1.82) is 0 Å². The number of rotatable bonds is 4. The Hall–Kier alpha value is -1.62. The highest BCUT2D eigenvalue weighted by atomic mass is 16.6. The van der Waals surface area contributed by atoms with E-state index in [1.165, 1.54) is 0 Å². The predicted molar refractivity (Wildman–Crippen MR) is 77.4 cm³/mol. The van der Waals surface area contributed by atoms with Gasteiger partial charge in [0.05, 0.1) is 12.3 Å². The minimum atomic E-state index is -0.191. The van der Waals surface area contributed by atoms with Crippen molar-refractivity contribution in [3.8, 4) is 0 Å². The maximum absolute atomic E-state index is 11.6. The molecule has 0 saturated carbocycles. The third kappa shape index (κ3) is 3.93. The van der Waals surface area contributed by atoms with E-state index in [2.05, 4.69) is 17.2 Å². The molecule has 2 rings (SSSR count). The zero-order valence-electron chi connectivity index (χ0n) is 12.2. The average molecular weight is 277 g/mol. The molecule has 0 aromatic carbocycles. The lowest BCUT2D eigenvalue weighted by Gasteiger charge is -2.33. The summed E-state index contributed by atoms with van der Waals surface area (Å²) in [6.45, 7) is 5.91. The highest BCUT2D eigenvalue weighted by molar-refractivity contribution is 5.67. The van der Waals surface area contributed by atoms with Gasteiger partial charge >= 0.3 is 6.09 Å². The number of ether oxygens (including phenoxy) is 1. The van der Waals surface area contributed by atoms with E-state index < -0.39 is 0 Å². The topological polar surface area (TPSA) is 54.5 Å². The fourth-order valence-electron chi connectivity index (χ4n) is 2.51. The fourth-order valence-corrected chi connectivity index (χ4v) is 2.51. The first-order chi connectivity index (χ1) is 9.70. The second-order valence-electron chi connectivity index (χ2n) is 5.10. The normalized spacial score (nSPS) is 17.8. The number of carbonyl (C=O) groups is 1. The molecule has 5 heteroatoms. The average Bonchev–Trinajstić information content (AvgIpc) is 2.49. The molecule has 1 N–H and O–H groups in total. The molecule has 1 atom stereocenters. The van der Waals surface area contributed by atoms with Crippen LogP contribution in [0.3, 0.4) is 0 Å². The number of hydrogen-bond acceptors (Lipinski definition) is 4. The van der Waals surface area contributed by atoms with Crippen LogP contribution < -0.4 is 5.32 Å². The first kappa shape index (κ1) is 14.8. The molecule has 0 spiro atoms. The quantitative estimate of drug-likeness (QED) is 0.918. The summed E-state index contributed by atoms with van der Waals surface area (Å²) in [6, 6.07) is 6.62. The van der Waals surface area contributed by atoms with Gasteiger partial charge in [-0.15, -0.1) is 0 Å². The molecule has 1 aromatic rings. The summed E-state index contributed by atoms with van der Waals surface area (Å²) in [5.41, 5.74) is 1.06. The van der Waals surface area contributed by atoms with E-state index in [4.69, 9.17) is 4.74 Å². The van der Waals surface area contributed by atoms with Crippen molar-refractivity contribution >= 4 is 6.09 Å². The van der Waals surface area contributed by atoms with Crippen LogP contribution in [0.4, 0.5) is 4.79 Å². The Morgan fingerprint density at radius 1 is 1.50 bits per heavy atom. The molecule has 0 bridgehead atoms. The summed E-state index contributed by atoms with van der Waals surface area (Å²) in [4.78, 5) is 17.8. The number of nitrogens with one attached hydrogen (secondary N) is 1. The van der Waals surface area contributed by atoms with Crippen LogP contribution in [0.25, 0.3) is 0 Å². The van der Waals surface area contributed by atoms with Gasteiger partial charge in [-0.2, -0.15) is 0 Å². The molecule has 5 nitrogen and oxygen atoms in total. The van der Waals surface area contributed by atoms with Gasteiger partial charge in [0.25, 0.3) is 0 Å². The number of likely N-dealkylation sites (tertiary alicyclic amines) is 1. The van der Waals surface area contributed by atoms with Crippen LogP contribution in [0.2, 0.25) is 0 Å². The molecule has 1 aliphatic heterocycles. The van der Waals surface area contributed by atoms with Gasteiger partial charge in [0.1, 0.15) is 0 Å². The lowest BCUT2D eigenvalue weighted by molar-refractivity contribution is 0.0943. The van der Waals surface area contributed by atoms with Crippen molar-refractivity contribution in [3.05, 3.63) is 30.1 Å². The first-order valence-corrected chi connectivity index (χ1v) is 7.29. The summed E-state index contributed by atoms with van der Waals surface area (Å²) in [7, 11) is 0. The summed E-state index contributed by atoms with van der Waals surface area (Å²) < 4.78 is 5.02. The molecule has 0 unspecified atom stereocenters. The molecular weight excluding hydrogens is 254 g/mol. The Balaban J connectivity index is 1.78. The maximum Gasteiger partial charge on any atom is 0.409 e. The van der Waals surface area contributed by atoms with Crippen LogP contribution in [0, 0.1) is 0 Å². The van der Waals surface area contributed by atoms with Gasteiger partial charge in [-0.25, -0.2) is 4.79 Å². The first-order valence-electron chi connectivity index (χ1n) is 7.29. The minimum Gasteiger partial charge on any atom is -0.450 e. The lowest BCUT2D eigenvalue weighted by atomic mass is 10.0. The molecule has 110 valence electrons. The molecular formula is C15H23N3O2. The van der Waals surface area contributed by atoms with E-state index in [-0.39, 0.29) is 12.1 Å². The zero-order valence-corrected chi connectivity index (χ0v) is 12.2. The van der Waals surface area contributed by atoms with E-state index in [0.29, 0.717) is 12.6 Å². The predicted octanol–water partition coefficient (Wildman–Crippen LogP) is 2.35. The summed E-state index contributed by atoms with van der Waals surface area (Å²) in [5.74, 6) is 0. The number of piperidine rings is 1. The van der Waals surface area contributed by atoms with E-state index >= 15 is 0 Å². The second kappa shape index (κ2) is 7.24. The van der Waals surface area contributed by atoms with Gasteiger partial charge in [0.2, 0.25) is 0 Å². The molecule has 1 aromatic heterocycles. The van der Waals surface area contributed by atoms with Crippen molar-refractivity contribution in [2.24, 2.45) is 0 Å². The Labute approximate surface area is 120 Å². The third-order valence-electron chi connectivity index (χ3n) is 3.64. The molecule has 20 heavy (non-hydrogen) atoms. The third-order valence-corrected chi connectivity index (χ3v) is 3.64. The van der Waals surface area contributed by atoms with Gasteiger partial charge < -0.3 is 15.0 Å². The van der Waals surface area contributed by atoms with Crippen molar-refractivity contribution in [2.45, 2.75) is 38.8 Å². The highest BCUT2D eigenvalue weighted by Crippen LogP contribution is 2.16. The number of nitrogens with zero attached hydrogens (tertiary/aromatic N) is 2. The monoisotopic (exact) mass is 277 g/mol. The summed E-state index contributed by atoms with van der Waals surface area (Å²) in [5, 5.41) is 3.59. The van der Waals surface area contributed by atoms with Crippen LogP contribution >= 0.6 is 0 Å². The Morgan fingerprint density at radius 2 is 2.25 bits per heavy atom. The summed E-state index contributed by atoms with van der Waals surface area (Å²) in [6.07, 6.45) is 3.53. The number of amides is 1. The van der Waals surface area contributed by atoms with E-state index in [1.54, 1.807) is 4.90 Å². The zero-order chi connectivity index (χ0) is 14.4. The van der Waals surface area contributed by atoms with Crippen molar-refractivity contribution in [3.63, 3.8) is 0 Å². The SMILES string of the molecule is CCOC(=O)N1CCC(N[C@@H](C)c2ccccn2)CC1. The molecule has 2 heterocycles. The number of pyridine rings is 1. The van der Waals surface area contributed by atoms with Crippen LogP contribution in [-0.4, -0.2) is 41.7 Å². The molecule has 1 fully saturated rings. The Morgan fingerprint density at radius 3 is 2.85 bits per heavy atom. The highest BCUT2D eigenvalue weighted by Gasteiger charge is 2.24. The molecule has 1 saturated heterocycles. The van der Waals surface area contributed by atoms with Gasteiger partial charge in [-0.1, -0.05) is 6.07 Å². The molecule has 1 amide bonds. The molecule has 1 aliphatic rings. The van der Waals surface area contributed by atoms with Crippen LogP contribution in [0.1, 0.15) is 38.4 Å². The molecule has 0 radical (unpaired) electrons. The van der Waals surface area contributed by atoms with Crippen LogP contribution in [0.5, 0.6) is 0 Å². The van der Waals surface area contributed by atoms with Gasteiger partial charge in [-0.3, -0.25) is 4.98 Å². The number of carbonyl (C=O) groups excluding carboxylic acids is 1. The van der Waals surface area contributed by atoms with Gasteiger partial charge in [-0.05, 0) is 38.8 Å². The minimum absolute atomic E-state index is 0.191. The van der Waals surface area contributed by atoms with Crippen LogP contribution in [-0.2, 0) is 4.74 Å². The van der Waals surface area contributed by atoms with E-state index in [0.717, 1.165) is 31.6 Å². The number of hydrogen-bond donors (Lipinski definition) is 1. The smallest absolute Gasteiger partial charge is 0.409 e. The Kier molecular flexibility index (Phi) is 5.35.